The van der Waals surface area contributed by atoms with Crippen LogP contribution < -0.4 is 10.9 Å². The molecule has 4 rings (SSSR count). The second kappa shape index (κ2) is 6.34. The Kier molecular flexibility index (Phi) is 4.16. The van der Waals surface area contributed by atoms with E-state index < -0.39 is 0 Å². The smallest absolute Gasteiger partial charge is 0.263 e. The normalized spacial score (nSPS) is 15.7. The van der Waals surface area contributed by atoms with Gasteiger partial charge in [-0.05, 0) is 31.4 Å². The first kappa shape index (κ1) is 16.4. The van der Waals surface area contributed by atoms with Gasteiger partial charge in [0.25, 0.3) is 5.56 Å². The second-order valence-electron chi connectivity index (χ2n) is 6.89. The molecular weight excluding hydrogens is 338 g/mol. The predicted molar refractivity (Wildman–Crippen MR) is 95.9 cm³/mol. The summed E-state index contributed by atoms with van der Waals surface area (Å²) in [4.78, 5) is 24.1. The second-order valence-corrected chi connectivity index (χ2v) is 7.97. The SMILES string of the molecule is CC(C)Cc1noc([C@H](C)n2cnc3sc4c(c3c2=O)CCNC4)n1. The van der Waals surface area contributed by atoms with Crippen molar-refractivity contribution in [2.24, 2.45) is 5.92 Å². The summed E-state index contributed by atoms with van der Waals surface area (Å²) in [6.07, 6.45) is 3.22. The van der Waals surface area contributed by atoms with Crippen molar-refractivity contribution >= 4 is 21.6 Å². The van der Waals surface area contributed by atoms with Gasteiger partial charge < -0.3 is 9.84 Å². The van der Waals surface area contributed by atoms with E-state index in [1.165, 1.54) is 4.88 Å². The fourth-order valence-electron chi connectivity index (χ4n) is 3.21. The molecule has 0 radical (unpaired) electrons. The third kappa shape index (κ3) is 2.89. The first-order chi connectivity index (χ1) is 12.0. The Morgan fingerprint density at radius 2 is 2.24 bits per heavy atom. The zero-order valence-corrected chi connectivity index (χ0v) is 15.4. The van der Waals surface area contributed by atoms with Crippen LogP contribution in [0.1, 0.15) is 49.0 Å². The minimum atomic E-state index is -0.338. The van der Waals surface area contributed by atoms with Crippen molar-refractivity contribution in [3.63, 3.8) is 0 Å². The van der Waals surface area contributed by atoms with Crippen LogP contribution in [-0.2, 0) is 19.4 Å². The molecule has 132 valence electrons. The van der Waals surface area contributed by atoms with E-state index in [0.717, 1.165) is 41.7 Å². The lowest BCUT2D eigenvalue weighted by atomic mass is 10.1. The monoisotopic (exact) mass is 359 g/mol. The van der Waals surface area contributed by atoms with Gasteiger partial charge in [0, 0.05) is 17.8 Å². The quantitative estimate of drug-likeness (QED) is 0.769. The summed E-state index contributed by atoms with van der Waals surface area (Å²) in [7, 11) is 0. The van der Waals surface area contributed by atoms with Crippen molar-refractivity contribution < 1.29 is 4.52 Å². The molecule has 3 aromatic heterocycles. The van der Waals surface area contributed by atoms with E-state index in [4.69, 9.17) is 4.52 Å². The van der Waals surface area contributed by atoms with Gasteiger partial charge >= 0.3 is 0 Å². The van der Waals surface area contributed by atoms with Crippen LogP contribution in [0.15, 0.2) is 15.6 Å². The van der Waals surface area contributed by atoms with Crippen LogP contribution in [-0.4, -0.2) is 26.2 Å². The van der Waals surface area contributed by atoms with E-state index >= 15 is 0 Å². The number of nitrogens with zero attached hydrogens (tertiary/aromatic N) is 4. The summed E-state index contributed by atoms with van der Waals surface area (Å²) in [6, 6.07) is -0.338. The van der Waals surface area contributed by atoms with E-state index in [9.17, 15) is 4.79 Å². The molecule has 0 spiro atoms. The largest absolute Gasteiger partial charge is 0.337 e. The Balaban J connectivity index is 1.74. The summed E-state index contributed by atoms with van der Waals surface area (Å²) in [5, 5.41) is 8.12. The zero-order chi connectivity index (χ0) is 17.6. The summed E-state index contributed by atoms with van der Waals surface area (Å²) in [5.41, 5.74) is 1.12. The Morgan fingerprint density at radius 1 is 1.40 bits per heavy atom. The molecule has 8 heteroatoms. The molecular formula is C17H21N5O2S. The topological polar surface area (TPSA) is 85.8 Å². The van der Waals surface area contributed by atoms with Crippen molar-refractivity contribution in [1.29, 1.82) is 0 Å². The molecule has 0 fully saturated rings. The van der Waals surface area contributed by atoms with E-state index in [1.807, 2.05) is 6.92 Å². The lowest BCUT2D eigenvalue weighted by Gasteiger charge is -2.13. The Hall–Kier alpha value is -2.06. The Morgan fingerprint density at radius 3 is 3.04 bits per heavy atom. The Labute approximate surface area is 149 Å². The number of rotatable bonds is 4. The molecule has 1 atom stereocenters. The lowest BCUT2D eigenvalue weighted by molar-refractivity contribution is 0.338. The number of hydrogen-bond acceptors (Lipinski definition) is 7. The van der Waals surface area contributed by atoms with Gasteiger partial charge in [0.05, 0.1) is 11.7 Å². The standard InChI is InChI=1S/C17H21N5O2S/c1-9(2)6-13-20-15(24-21-13)10(3)22-8-19-16-14(17(22)23)11-4-5-18-7-12(11)25-16/h8-10,18H,4-7H2,1-3H3/t10-/m0/s1. The molecule has 0 aromatic carbocycles. The van der Waals surface area contributed by atoms with E-state index in [1.54, 1.807) is 22.2 Å². The van der Waals surface area contributed by atoms with Gasteiger partial charge in [0.15, 0.2) is 5.82 Å². The van der Waals surface area contributed by atoms with Crippen molar-refractivity contribution in [2.45, 2.75) is 46.2 Å². The van der Waals surface area contributed by atoms with E-state index in [-0.39, 0.29) is 11.6 Å². The van der Waals surface area contributed by atoms with Crippen LogP contribution in [0.2, 0.25) is 0 Å². The molecule has 3 aromatic rings. The minimum absolute atomic E-state index is 0.0273. The average molecular weight is 359 g/mol. The number of thiophene rings is 1. The van der Waals surface area contributed by atoms with Crippen LogP contribution in [0, 0.1) is 5.92 Å². The highest BCUT2D eigenvalue weighted by Gasteiger charge is 2.23. The average Bonchev–Trinajstić information content (AvgIpc) is 3.18. The minimum Gasteiger partial charge on any atom is -0.337 e. The van der Waals surface area contributed by atoms with Gasteiger partial charge in [0.2, 0.25) is 5.89 Å². The summed E-state index contributed by atoms with van der Waals surface area (Å²) in [6.45, 7) is 7.81. The number of nitrogens with one attached hydrogen (secondary N) is 1. The van der Waals surface area contributed by atoms with Crippen molar-refractivity contribution in [3.8, 4) is 0 Å². The van der Waals surface area contributed by atoms with Gasteiger partial charge in [-0.3, -0.25) is 9.36 Å². The Bertz CT molecular complexity index is 971. The predicted octanol–water partition coefficient (Wildman–Crippen LogP) is 2.29. The molecule has 1 aliphatic heterocycles. The highest BCUT2D eigenvalue weighted by atomic mass is 32.1. The van der Waals surface area contributed by atoms with Crippen molar-refractivity contribution in [1.82, 2.24) is 25.0 Å². The lowest BCUT2D eigenvalue weighted by Crippen LogP contribution is -2.27. The fraction of sp³-hybridized carbons (Fsp3) is 0.529. The van der Waals surface area contributed by atoms with Gasteiger partial charge in [-0.25, -0.2) is 4.98 Å². The molecule has 4 heterocycles. The van der Waals surface area contributed by atoms with Gasteiger partial charge in [0.1, 0.15) is 10.9 Å². The molecule has 0 bridgehead atoms. The van der Waals surface area contributed by atoms with Crippen LogP contribution in [0.25, 0.3) is 10.2 Å². The van der Waals surface area contributed by atoms with Gasteiger partial charge in [-0.2, -0.15) is 4.98 Å². The van der Waals surface area contributed by atoms with Crippen molar-refractivity contribution in [3.05, 3.63) is 38.8 Å². The highest BCUT2D eigenvalue weighted by Crippen LogP contribution is 2.30. The first-order valence-corrected chi connectivity index (χ1v) is 9.40. The molecule has 0 amide bonds. The van der Waals surface area contributed by atoms with Gasteiger partial charge in [-0.15, -0.1) is 11.3 Å². The maximum atomic E-state index is 13.1. The van der Waals surface area contributed by atoms with E-state index in [2.05, 4.69) is 34.3 Å². The summed E-state index contributed by atoms with van der Waals surface area (Å²) in [5.74, 6) is 1.58. The molecule has 1 aliphatic rings. The maximum Gasteiger partial charge on any atom is 0.263 e. The molecule has 1 N–H and O–H groups in total. The van der Waals surface area contributed by atoms with Crippen molar-refractivity contribution in [2.75, 3.05) is 6.54 Å². The number of aromatic nitrogens is 4. The van der Waals surface area contributed by atoms with Crippen LogP contribution >= 0.6 is 11.3 Å². The van der Waals surface area contributed by atoms with Gasteiger partial charge in [-0.1, -0.05) is 19.0 Å². The third-order valence-corrected chi connectivity index (χ3v) is 5.65. The van der Waals surface area contributed by atoms with E-state index in [0.29, 0.717) is 17.6 Å². The molecule has 0 saturated carbocycles. The number of fused-ring (bicyclic) bond motifs is 3. The zero-order valence-electron chi connectivity index (χ0n) is 14.6. The molecule has 25 heavy (non-hydrogen) atoms. The third-order valence-electron chi connectivity index (χ3n) is 4.51. The summed E-state index contributed by atoms with van der Waals surface area (Å²) < 4.78 is 6.99. The van der Waals surface area contributed by atoms with Crippen LogP contribution in [0.3, 0.4) is 0 Å². The molecule has 7 nitrogen and oxygen atoms in total. The summed E-state index contributed by atoms with van der Waals surface area (Å²) >= 11 is 1.60. The molecule has 0 unspecified atom stereocenters. The number of hydrogen-bond donors (Lipinski definition) is 1. The maximum absolute atomic E-state index is 13.1. The fourth-order valence-corrected chi connectivity index (χ4v) is 4.36. The highest BCUT2D eigenvalue weighted by molar-refractivity contribution is 7.18. The molecule has 0 aliphatic carbocycles. The first-order valence-electron chi connectivity index (χ1n) is 8.59. The van der Waals surface area contributed by atoms with Crippen LogP contribution in [0.4, 0.5) is 0 Å². The molecule has 0 saturated heterocycles. The van der Waals surface area contributed by atoms with Crippen LogP contribution in [0.5, 0.6) is 0 Å².